The minimum atomic E-state index is 0.110. The lowest BCUT2D eigenvalue weighted by atomic mass is 10.0. The molecular formula is C18H34N2O3. The summed E-state index contributed by atoms with van der Waals surface area (Å²) in [6.07, 6.45) is 6.32. The SMILES string of the molecule is CCCN1CCC(OC2CCN(C(=O)COC(C)C)CC2)CC1. The maximum absolute atomic E-state index is 12.1. The summed E-state index contributed by atoms with van der Waals surface area (Å²) in [6, 6.07) is 0. The first kappa shape index (κ1) is 18.7. The summed E-state index contributed by atoms with van der Waals surface area (Å²) < 4.78 is 11.7. The molecular weight excluding hydrogens is 292 g/mol. The number of carbonyl (C=O) groups is 1. The molecule has 0 N–H and O–H groups in total. The first-order valence-corrected chi connectivity index (χ1v) is 9.35. The Labute approximate surface area is 141 Å². The van der Waals surface area contributed by atoms with E-state index in [0.29, 0.717) is 12.2 Å². The van der Waals surface area contributed by atoms with Crippen molar-refractivity contribution in [1.82, 2.24) is 9.80 Å². The highest BCUT2D eigenvalue weighted by Crippen LogP contribution is 2.21. The molecule has 2 saturated heterocycles. The van der Waals surface area contributed by atoms with Gasteiger partial charge in [-0.3, -0.25) is 4.79 Å². The number of likely N-dealkylation sites (tertiary alicyclic amines) is 2. The number of piperidine rings is 2. The summed E-state index contributed by atoms with van der Waals surface area (Å²) in [4.78, 5) is 16.5. The zero-order valence-corrected chi connectivity index (χ0v) is 15.1. The Balaban J connectivity index is 1.62. The number of carbonyl (C=O) groups excluding carboxylic acids is 1. The lowest BCUT2D eigenvalue weighted by Crippen LogP contribution is -2.45. The highest BCUT2D eigenvalue weighted by molar-refractivity contribution is 5.77. The molecule has 0 aliphatic carbocycles. The van der Waals surface area contributed by atoms with E-state index in [0.717, 1.165) is 38.8 Å². The Morgan fingerprint density at radius 3 is 2.13 bits per heavy atom. The minimum absolute atomic E-state index is 0.110. The molecule has 5 heteroatoms. The molecule has 0 saturated carbocycles. The Morgan fingerprint density at radius 2 is 1.61 bits per heavy atom. The van der Waals surface area contributed by atoms with Gasteiger partial charge < -0.3 is 19.3 Å². The van der Waals surface area contributed by atoms with Gasteiger partial charge in [-0.05, 0) is 52.5 Å². The van der Waals surface area contributed by atoms with E-state index in [1.54, 1.807) is 0 Å². The van der Waals surface area contributed by atoms with Crippen molar-refractivity contribution < 1.29 is 14.3 Å². The number of amides is 1. The van der Waals surface area contributed by atoms with Crippen LogP contribution in [0.4, 0.5) is 0 Å². The van der Waals surface area contributed by atoms with Crippen LogP contribution in [0.1, 0.15) is 52.9 Å². The van der Waals surface area contributed by atoms with E-state index in [2.05, 4.69) is 11.8 Å². The van der Waals surface area contributed by atoms with E-state index >= 15 is 0 Å². The van der Waals surface area contributed by atoms with Gasteiger partial charge in [-0.15, -0.1) is 0 Å². The van der Waals surface area contributed by atoms with Crippen molar-refractivity contribution in [1.29, 1.82) is 0 Å². The van der Waals surface area contributed by atoms with Crippen molar-refractivity contribution >= 4 is 5.91 Å². The van der Waals surface area contributed by atoms with Gasteiger partial charge in [0, 0.05) is 26.2 Å². The summed E-state index contributed by atoms with van der Waals surface area (Å²) in [6.45, 7) is 11.5. The largest absolute Gasteiger partial charge is 0.375 e. The third-order valence-corrected chi connectivity index (χ3v) is 4.79. The lowest BCUT2D eigenvalue weighted by Gasteiger charge is -2.37. The molecule has 0 radical (unpaired) electrons. The van der Waals surface area contributed by atoms with Gasteiger partial charge in [0.05, 0.1) is 18.3 Å². The molecule has 0 spiro atoms. The van der Waals surface area contributed by atoms with Crippen LogP contribution in [0, 0.1) is 0 Å². The number of hydrogen-bond acceptors (Lipinski definition) is 4. The monoisotopic (exact) mass is 326 g/mol. The predicted octanol–water partition coefficient (Wildman–Crippen LogP) is 2.29. The van der Waals surface area contributed by atoms with Crippen LogP contribution in [0.3, 0.4) is 0 Å². The first-order chi connectivity index (χ1) is 11.1. The zero-order valence-electron chi connectivity index (χ0n) is 15.1. The van der Waals surface area contributed by atoms with E-state index in [9.17, 15) is 4.79 Å². The molecule has 0 bridgehead atoms. The van der Waals surface area contributed by atoms with Crippen LogP contribution in [0.2, 0.25) is 0 Å². The second kappa shape index (κ2) is 9.60. The van der Waals surface area contributed by atoms with Gasteiger partial charge in [-0.25, -0.2) is 0 Å². The molecule has 0 aromatic heterocycles. The van der Waals surface area contributed by atoms with Crippen molar-refractivity contribution in [3.8, 4) is 0 Å². The average Bonchev–Trinajstić information content (AvgIpc) is 2.55. The Morgan fingerprint density at radius 1 is 1.04 bits per heavy atom. The summed E-state index contributed by atoms with van der Waals surface area (Å²) in [7, 11) is 0. The number of ether oxygens (including phenoxy) is 2. The first-order valence-electron chi connectivity index (χ1n) is 9.35. The van der Waals surface area contributed by atoms with Crippen LogP contribution in [-0.2, 0) is 14.3 Å². The summed E-state index contributed by atoms with van der Waals surface area (Å²) in [5, 5.41) is 0. The topological polar surface area (TPSA) is 42.0 Å². The predicted molar refractivity (Wildman–Crippen MR) is 91.5 cm³/mol. The maximum atomic E-state index is 12.1. The molecule has 1 amide bonds. The molecule has 2 aliphatic heterocycles. The van der Waals surface area contributed by atoms with Crippen LogP contribution in [0.25, 0.3) is 0 Å². The second-order valence-electron chi connectivity index (χ2n) is 7.12. The van der Waals surface area contributed by atoms with E-state index in [-0.39, 0.29) is 18.6 Å². The number of hydrogen-bond donors (Lipinski definition) is 0. The van der Waals surface area contributed by atoms with Gasteiger partial charge in [0.15, 0.2) is 0 Å². The molecule has 0 atom stereocenters. The molecule has 23 heavy (non-hydrogen) atoms. The Kier molecular flexibility index (Phi) is 7.80. The lowest BCUT2D eigenvalue weighted by molar-refractivity contribution is -0.141. The van der Waals surface area contributed by atoms with Crippen molar-refractivity contribution in [2.45, 2.75) is 71.2 Å². The highest BCUT2D eigenvalue weighted by atomic mass is 16.5. The normalized spacial score (nSPS) is 22.0. The van der Waals surface area contributed by atoms with Crippen LogP contribution >= 0.6 is 0 Å². The molecule has 2 fully saturated rings. The van der Waals surface area contributed by atoms with E-state index in [4.69, 9.17) is 9.47 Å². The van der Waals surface area contributed by atoms with Crippen molar-refractivity contribution in [2.24, 2.45) is 0 Å². The Hall–Kier alpha value is -0.650. The molecule has 2 aliphatic rings. The molecule has 2 rings (SSSR count). The standard InChI is InChI=1S/C18H34N2O3/c1-4-9-19-10-5-16(6-11-19)23-17-7-12-20(13-8-17)18(21)14-22-15(2)3/h15-17H,4-14H2,1-3H3. The fourth-order valence-electron chi connectivity index (χ4n) is 3.43. The molecule has 134 valence electrons. The van der Waals surface area contributed by atoms with Gasteiger partial charge in [0.1, 0.15) is 6.61 Å². The third kappa shape index (κ3) is 6.40. The molecule has 5 nitrogen and oxygen atoms in total. The fourth-order valence-corrected chi connectivity index (χ4v) is 3.43. The highest BCUT2D eigenvalue weighted by Gasteiger charge is 2.27. The quantitative estimate of drug-likeness (QED) is 0.720. The van der Waals surface area contributed by atoms with Gasteiger partial charge >= 0.3 is 0 Å². The van der Waals surface area contributed by atoms with Crippen molar-refractivity contribution in [3.63, 3.8) is 0 Å². The third-order valence-electron chi connectivity index (χ3n) is 4.79. The summed E-state index contributed by atoms with van der Waals surface area (Å²) >= 11 is 0. The number of rotatable bonds is 7. The van der Waals surface area contributed by atoms with Gasteiger partial charge in [-0.2, -0.15) is 0 Å². The van der Waals surface area contributed by atoms with E-state index in [1.165, 1.54) is 26.1 Å². The average molecular weight is 326 g/mol. The van der Waals surface area contributed by atoms with Crippen molar-refractivity contribution in [2.75, 3.05) is 39.3 Å². The molecule has 0 aromatic carbocycles. The van der Waals surface area contributed by atoms with E-state index < -0.39 is 0 Å². The van der Waals surface area contributed by atoms with Gasteiger partial charge in [0.25, 0.3) is 0 Å². The molecule has 0 aromatic rings. The van der Waals surface area contributed by atoms with Crippen molar-refractivity contribution in [3.05, 3.63) is 0 Å². The van der Waals surface area contributed by atoms with Crippen LogP contribution < -0.4 is 0 Å². The smallest absolute Gasteiger partial charge is 0.248 e. The zero-order chi connectivity index (χ0) is 16.7. The maximum Gasteiger partial charge on any atom is 0.248 e. The molecule has 2 heterocycles. The van der Waals surface area contributed by atoms with E-state index in [1.807, 2.05) is 18.7 Å². The molecule has 0 unspecified atom stereocenters. The van der Waals surface area contributed by atoms with Gasteiger partial charge in [-0.1, -0.05) is 6.92 Å². The second-order valence-corrected chi connectivity index (χ2v) is 7.12. The summed E-state index contributed by atoms with van der Waals surface area (Å²) in [5.74, 6) is 0.116. The van der Waals surface area contributed by atoms with Gasteiger partial charge in [0.2, 0.25) is 5.91 Å². The Bertz CT molecular complexity index is 346. The van der Waals surface area contributed by atoms with Crippen LogP contribution in [0.15, 0.2) is 0 Å². The van der Waals surface area contributed by atoms with Crippen LogP contribution in [0.5, 0.6) is 0 Å². The number of nitrogens with zero attached hydrogens (tertiary/aromatic N) is 2. The summed E-state index contributed by atoms with van der Waals surface area (Å²) in [5.41, 5.74) is 0. The minimum Gasteiger partial charge on any atom is -0.375 e. The fraction of sp³-hybridized carbons (Fsp3) is 0.944. The van der Waals surface area contributed by atoms with Crippen LogP contribution in [-0.4, -0.2) is 73.3 Å².